The lowest BCUT2D eigenvalue weighted by Crippen LogP contribution is -2.45. The molecular weight excluding hydrogens is 288 g/mol. The summed E-state index contributed by atoms with van der Waals surface area (Å²) in [5, 5.41) is 0. The van der Waals surface area contributed by atoms with Crippen molar-refractivity contribution >= 4 is 15.7 Å². The van der Waals surface area contributed by atoms with Crippen LogP contribution in [0.15, 0.2) is 24.3 Å². The molecule has 0 aromatic heterocycles. The fourth-order valence-electron chi connectivity index (χ4n) is 2.73. The number of sulfonamides is 1. The number of piperidine rings is 1. The van der Waals surface area contributed by atoms with Crippen LogP contribution in [0.4, 0.5) is 5.69 Å². The van der Waals surface area contributed by atoms with Crippen LogP contribution in [0.1, 0.15) is 32.6 Å². The second kappa shape index (κ2) is 7.13. The predicted octanol–water partition coefficient (Wildman–Crippen LogP) is 2.24. The topological polar surface area (TPSA) is 72.6 Å². The molecule has 1 unspecified atom stereocenters. The van der Waals surface area contributed by atoms with Gasteiger partial charge in [0.05, 0.1) is 5.75 Å². The van der Waals surface area contributed by atoms with Crippen molar-refractivity contribution in [3.05, 3.63) is 24.3 Å². The van der Waals surface area contributed by atoms with E-state index in [1.165, 1.54) is 0 Å². The van der Waals surface area contributed by atoms with Gasteiger partial charge in [0.2, 0.25) is 10.0 Å². The molecule has 1 aromatic carbocycles. The summed E-state index contributed by atoms with van der Waals surface area (Å²) in [5.74, 6) is 0.620. The van der Waals surface area contributed by atoms with E-state index in [9.17, 15) is 8.42 Å². The Hall–Kier alpha value is -1.27. The van der Waals surface area contributed by atoms with Crippen LogP contribution in [0.5, 0.6) is 5.75 Å². The minimum atomic E-state index is -3.25. The quantitative estimate of drug-likeness (QED) is 0.818. The number of nitrogen functional groups attached to an aromatic ring is 1. The van der Waals surface area contributed by atoms with Crippen molar-refractivity contribution in [2.24, 2.45) is 0 Å². The molecule has 0 amide bonds. The van der Waals surface area contributed by atoms with E-state index in [1.54, 1.807) is 28.6 Å². The summed E-state index contributed by atoms with van der Waals surface area (Å²) >= 11 is 0. The van der Waals surface area contributed by atoms with Crippen LogP contribution in [-0.4, -0.2) is 37.7 Å². The molecule has 0 radical (unpaired) electrons. The Morgan fingerprint density at radius 1 is 1.38 bits per heavy atom. The third-order valence-corrected chi connectivity index (χ3v) is 5.75. The Balaban J connectivity index is 1.91. The van der Waals surface area contributed by atoms with Gasteiger partial charge in [0.15, 0.2) is 0 Å². The molecule has 5 nitrogen and oxygen atoms in total. The number of nitrogens with zero attached hydrogens (tertiary/aromatic N) is 1. The first-order valence-corrected chi connectivity index (χ1v) is 9.11. The summed E-state index contributed by atoms with van der Waals surface area (Å²) in [6.07, 6.45) is 3.90. The number of ether oxygens (including phenoxy) is 1. The Morgan fingerprint density at radius 3 is 2.90 bits per heavy atom. The molecule has 2 rings (SSSR count). The third kappa shape index (κ3) is 4.35. The zero-order chi connectivity index (χ0) is 15.3. The van der Waals surface area contributed by atoms with E-state index in [2.05, 4.69) is 0 Å². The molecule has 0 spiro atoms. The Labute approximate surface area is 127 Å². The largest absolute Gasteiger partial charge is 0.492 e. The maximum Gasteiger partial charge on any atom is 0.217 e. The smallest absolute Gasteiger partial charge is 0.217 e. The fraction of sp³-hybridized carbons (Fsp3) is 0.600. The van der Waals surface area contributed by atoms with E-state index in [0.29, 0.717) is 18.0 Å². The van der Waals surface area contributed by atoms with Gasteiger partial charge in [-0.1, -0.05) is 19.4 Å². The van der Waals surface area contributed by atoms with Gasteiger partial charge in [-0.2, -0.15) is 4.31 Å². The molecule has 2 N–H and O–H groups in total. The molecule has 1 aromatic rings. The highest BCUT2D eigenvalue weighted by molar-refractivity contribution is 7.89. The van der Waals surface area contributed by atoms with Gasteiger partial charge in [0.1, 0.15) is 12.4 Å². The Bertz CT molecular complexity index is 560. The maximum atomic E-state index is 12.4. The van der Waals surface area contributed by atoms with Crippen molar-refractivity contribution in [2.75, 3.05) is 24.6 Å². The lowest BCUT2D eigenvalue weighted by Gasteiger charge is -2.34. The summed E-state index contributed by atoms with van der Waals surface area (Å²) in [5.41, 5.74) is 6.27. The molecule has 1 atom stereocenters. The molecule has 1 saturated heterocycles. The Kier molecular flexibility index (Phi) is 5.47. The van der Waals surface area contributed by atoms with E-state index in [-0.39, 0.29) is 18.4 Å². The number of nitrogens with two attached hydrogens (primary N) is 1. The zero-order valence-corrected chi connectivity index (χ0v) is 13.3. The SMILES string of the molecule is CCC1CCCCN1S(=O)(=O)CCOc1cccc(N)c1. The normalized spacial score (nSPS) is 20.3. The molecular formula is C15H24N2O3S. The van der Waals surface area contributed by atoms with E-state index in [0.717, 1.165) is 25.7 Å². The van der Waals surface area contributed by atoms with Gasteiger partial charge in [-0.15, -0.1) is 0 Å². The fourth-order valence-corrected chi connectivity index (χ4v) is 4.38. The average Bonchev–Trinajstić information content (AvgIpc) is 2.47. The molecule has 0 aliphatic carbocycles. The molecule has 1 aliphatic rings. The van der Waals surface area contributed by atoms with E-state index in [4.69, 9.17) is 10.5 Å². The van der Waals surface area contributed by atoms with Crippen LogP contribution in [0.3, 0.4) is 0 Å². The lowest BCUT2D eigenvalue weighted by atomic mass is 10.0. The highest BCUT2D eigenvalue weighted by Crippen LogP contribution is 2.23. The Morgan fingerprint density at radius 2 is 2.19 bits per heavy atom. The molecule has 21 heavy (non-hydrogen) atoms. The summed E-state index contributed by atoms with van der Waals surface area (Å²) in [6, 6.07) is 7.18. The number of rotatable bonds is 6. The summed E-state index contributed by atoms with van der Waals surface area (Å²) in [4.78, 5) is 0. The number of hydrogen-bond acceptors (Lipinski definition) is 4. The van der Waals surface area contributed by atoms with Gasteiger partial charge in [0, 0.05) is 24.3 Å². The van der Waals surface area contributed by atoms with E-state index >= 15 is 0 Å². The zero-order valence-electron chi connectivity index (χ0n) is 12.5. The second-order valence-corrected chi connectivity index (χ2v) is 7.45. The summed E-state index contributed by atoms with van der Waals surface area (Å²) in [7, 11) is -3.25. The van der Waals surface area contributed by atoms with Crippen LogP contribution in [0, 0.1) is 0 Å². The van der Waals surface area contributed by atoms with E-state index < -0.39 is 10.0 Å². The minimum Gasteiger partial charge on any atom is -0.492 e. The number of benzene rings is 1. The van der Waals surface area contributed by atoms with Crippen LogP contribution >= 0.6 is 0 Å². The number of anilines is 1. The first kappa shape index (κ1) is 16.1. The van der Waals surface area contributed by atoms with Crippen LogP contribution < -0.4 is 10.5 Å². The first-order chi connectivity index (χ1) is 10.0. The molecule has 118 valence electrons. The van der Waals surface area contributed by atoms with Crippen LogP contribution in [-0.2, 0) is 10.0 Å². The van der Waals surface area contributed by atoms with Crippen molar-refractivity contribution in [1.29, 1.82) is 0 Å². The van der Waals surface area contributed by atoms with Crippen molar-refractivity contribution in [1.82, 2.24) is 4.31 Å². The van der Waals surface area contributed by atoms with Gasteiger partial charge >= 0.3 is 0 Å². The molecule has 1 fully saturated rings. The van der Waals surface area contributed by atoms with Gasteiger partial charge < -0.3 is 10.5 Å². The highest BCUT2D eigenvalue weighted by atomic mass is 32.2. The minimum absolute atomic E-state index is 0.0122. The standard InChI is InChI=1S/C15H24N2O3S/c1-2-14-7-3-4-9-17(14)21(18,19)11-10-20-15-8-5-6-13(16)12-15/h5-6,8,12,14H,2-4,7,9-11,16H2,1H3. The van der Waals surface area contributed by atoms with Gasteiger partial charge in [-0.05, 0) is 31.4 Å². The van der Waals surface area contributed by atoms with Crippen LogP contribution in [0.25, 0.3) is 0 Å². The first-order valence-electron chi connectivity index (χ1n) is 7.51. The van der Waals surface area contributed by atoms with Gasteiger partial charge in [0.25, 0.3) is 0 Å². The maximum absolute atomic E-state index is 12.4. The molecule has 1 aliphatic heterocycles. The van der Waals surface area contributed by atoms with E-state index in [1.807, 2.05) is 6.92 Å². The molecule has 0 bridgehead atoms. The number of hydrogen-bond donors (Lipinski definition) is 1. The van der Waals surface area contributed by atoms with Crippen molar-refractivity contribution in [2.45, 2.75) is 38.6 Å². The lowest BCUT2D eigenvalue weighted by molar-refractivity contribution is 0.243. The second-order valence-electron chi connectivity index (χ2n) is 5.41. The van der Waals surface area contributed by atoms with Crippen LogP contribution in [0.2, 0.25) is 0 Å². The monoisotopic (exact) mass is 312 g/mol. The molecule has 0 saturated carbocycles. The van der Waals surface area contributed by atoms with Gasteiger partial charge in [-0.25, -0.2) is 8.42 Å². The molecule has 6 heteroatoms. The summed E-state index contributed by atoms with van der Waals surface area (Å²) in [6.45, 7) is 2.83. The van der Waals surface area contributed by atoms with Gasteiger partial charge in [-0.3, -0.25) is 0 Å². The van der Waals surface area contributed by atoms with Crippen molar-refractivity contribution in [3.63, 3.8) is 0 Å². The predicted molar refractivity (Wildman–Crippen MR) is 84.8 cm³/mol. The van der Waals surface area contributed by atoms with Crippen molar-refractivity contribution < 1.29 is 13.2 Å². The van der Waals surface area contributed by atoms with Crippen molar-refractivity contribution in [3.8, 4) is 5.75 Å². The highest BCUT2D eigenvalue weighted by Gasteiger charge is 2.30. The summed E-state index contributed by atoms with van der Waals surface area (Å²) < 4.78 is 32.0. The molecule has 1 heterocycles. The average molecular weight is 312 g/mol. The third-order valence-electron chi connectivity index (χ3n) is 3.87.